The van der Waals surface area contributed by atoms with Gasteiger partial charge in [0, 0.05) is 31.2 Å². The van der Waals surface area contributed by atoms with Gasteiger partial charge in [0.05, 0.1) is 11.6 Å². The van der Waals surface area contributed by atoms with E-state index in [0.717, 1.165) is 0 Å². The molecule has 9 heteroatoms. The molecule has 1 amide bonds. The van der Waals surface area contributed by atoms with E-state index in [1.165, 1.54) is 17.0 Å². The van der Waals surface area contributed by atoms with Crippen LogP contribution in [0.25, 0.3) is 0 Å². The molecular weight excluding hydrogens is 361 g/mol. The number of rotatable bonds is 6. The first-order chi connectivity index (χ1) is 9.64. The summed E-state index contributed by atoms with van der Waals surface area (Å²) in [4.78, 5) is 12.6. The van der Waals surface area contributed by atoms with Gasteiger partial charge in [-0.15, -0.1) is 0 Å². The maximum atomic E-state index is 11.4. The van der Waals surface area contributed by atoms with Gasteiger partial charge in [-0.1, -0.05) is 23.2 Å². The maximum Gasteiger partial charge on any atom is 0.262 e. The third-order valence-corrected chi connectivity index (χ3v) is 4.91. The molecule has 0 aromatic heterocycles. The van der Waals surface area contributed by atoms with Crippen LogP contribution in [0, 0.1) is 0 Å². The van der Waals surface area contributed by atoms with Crippen LogP contribution in [0.2, 0.25) is 10.0 Å². The van der Waals surface area contributed by atoms with Crippen LogP contribution < -0.4 is 4.74 Å². The average molecular weight is 375 g/mol. The zero-order chi connectivity index (χ0) is 16.2. The van der Waals surface area contributed by atoms with Gasteiger partial charge in [0.2, 0.25) is 5.91 Å². The van der Waals surface area contributed by atoms with Crippen LogP contribution in [0.3, 0.4) is 0 Å². The van der Waals surface area contributed by atoms with Crippen LogP contribution in [0.1, 0.15) is 12.8 Å². The quantitative estimate of drug-likeness (QED) is 0.567. The number of carbonyl (C=O) groups excluding carboxylic acids is 1. The lowest BCUT2D eigenvalue weighted by atomic mass is 10.3. The first-order valence-electron chi connectivity index (χ1n) is 5.90. The number of hydrogen-bond donors (Lipinski definition) is 0. The minimum Gasteiger partial charge on any atom is -0.492 e. The third kappa shape index (κ3) is 5.21. The van der Waals surface area contributed by atoms with Gasteiger partial charge < -0.3 is 9.64 Å². The van der Waals surface area contributed by atoms with E-state index in [0.29, 0.717) is 12.8 Å². The Morgan fingerprint density at radius 1 is 1.24 bits per heavy atom. The average Bonchev–Trinajstić information content (AvgIpc) is 2.37. The predicted molar refractivity (Wildman–Crippen MR) is 82.9 cm³/mol. The summed E-state index contributed by atoms with van der Waals surface area (Å²) in [6.07, 6.45) is 0.840. The highest BCUT2D eigenvalue weighted by molar-refractivity contribution is 8.13. The summed E-state index contributed by atoms with van der Waals surface area (Å²) < 4.78 is 27.9. The number of nitrogens with zero attached hydrogens (tertiary/aromatic N) is 1. The first-order valence-corrected chi connectivity index (χ1v) is 8.96. The van der Waals surface area contributed by atoms with Gasteiger partial charge >= 0.3 is 0 Å². The Labute approximate surface area is 138 Å². The Bertz CT molecular complexity index is 632. The summed E-state index contributed by atoms with van der Waals surface area (Å²) in [6, 6.07) is 2.59. The summed E-state index contributed by atoms with van der Waals surface area (Å²) in [7, 11) is 4.60. The lowest BCUT2D eigenvalue weighted by Crippen LogP contribution is -2.21. The van der Waals surface area contributed by atoms with Crippen LogP contribution in [0.5, 0.6) is 5.75 Å². The predicted octanol–water partition coefficient (Wildman–Crippen LogP) is 3.17. The van der Waals surface area contributed by atoms with Crippen molar-refractivity contribution >= 4 is 48.8 Å². The van der Waals surface area contributed by atoms with Gasteiger partial charge in [-0.2, -0.15) is 0 Å². The molecule has 0 aliphatic heterocycles. The molecule has 0 saturated carbocycles. The number of hydrogen-bond acceptors (Lipinski definition) is 4. The fourth-order valence-electron chi connectivity index (χ4n) is 1.44. The van der Waals surface area contributed by atoms with Crippen molar-refractivity contribution in [3.63, 3.8) is 0 Å². The Morgan fingerprint density at radius 2 is 1.86 bits per heavy atom. The summed E-state index contributed by atoms with van der Waals surface area (Å²) in [5, 5.41) is -0.217. The zero-order valence-electron chi connectivity index (χ0n) is 11.4. The van der Waals surface area contributed by atoms with Crippen LogP contribution in [0.15, 0.2) is 17.0 Å². The maximum absolute atomic E-state index is 11.4. The van der Waals surface area contributed by atoms with Gasteiger partial charge in [0.15, 0.2) is 0 Å². The molecule has 1 aromatic carbocycles. The second-order valence-electron chi connectivity index (χ2n) is 4.37. The second-order valence-corrected chi connectivity index (χ2v) is 7.66. The minimum atomic E-state index is -3.97. The van der Waals surface area contributed by atoms with Crippen molar-refractivity contribution in [3.8, 4) is 5.75 Å². The van der Waals surface area contributed by atoms with E-state index < -0.39 is 9.05 Å². The largest absolute Gasteiger partial charge is 0.492 e. The molecule has 0 aliphatic rings. The topological polar surface area (TPSA) is 63.7 Å². The summed E-state index contributed by atoms with van der Waals surface area (Å²) in [5.41, 5.74) is 0. The van der Waals surface area contributed by atoms with Crippen molar-refractivity contribution in [1.29, 1.82) is 0 Å². The van der Waals surface area contributed by atoms with Crippen LogP contribution in [-0.4, -0.2) is 39.9 Å². The Kier molecular flexibility index (Phi) is 6.59. The molecule has 0 atom stereocenters. The fourth-order valence-corrected chi connectivity index (χ4v) is 3.23. The van der Waals surface area contributed by atoms with E-state index in [2.05, 4.69) is 0 Å². The van der Waals surface area contributed by atoms with Gasteiger partial charge in [0.25, 0.3) is 9.05 Å². The molecule has 5 nitrogen and oxygen atoms in total. The van der Waals surface area contributed by atoms with E-state index >= 15 is 0 Å². The van der Waals surface area contributed by atoms with Crippen molar-refractivity contribution in [2.75, 3.05) is 20.7 Å². The molecule has 0 saturated heterocycles. The lowest BCUT2D eigenvalue weighted by molar-refractivity contribution is -0.128. The molecule has 0 unspecified atom stereocenters. The minimum absolute atomic E-state index is 0.00805. The summed E-state index contributed by atoms with van der Waals surface area (Å²) in [5.74, 6) is 0.231. The highest BCUT2D eigenvalue weighted by atomic mass is 35.7. The lowest BCUT2D eigenvalue weighted by Gasteiger charge is -2.12. The molecule has 0 fully saturated rings. The smallest absolute Gasteiger partial charge is 0.262 e. The standard InChI is InChI=1S/C12H14Cl3NO4S/c1-16(2)10(17)4-3-7-20-8-5-6-9(21(15,18)19)12(14)11(8)13/h5-6H,3-4,7H2,1-2H3. The van der Waals surface area contributed by atoms with Crippen molar-refractivity contribution in [3.05, 3.63) is 22.2 Å². The van der Waals surface area contributed by atoms with Gasteiger partial charge in [-0.25, -0.2) is 8.42 Å². The molecule has 0 spiro atoms. The molecule has 1 aromatic rings. The summed E-state index contributed by atoms with van der Waals surface area (Å²) in [6.45, 7) is 0.253. The molecule has 21 heavy (non-hydrogen) atoms. The van der Waals surface area contributed by atoms with Gasteiger partial charge in [0.1, 0.15) is 15.7 Å². The highest BCUT2D eigenvalue weighted by Crippen LogP contribution is 2.37. The number of ether oxygens (including phenoxy) is 1. The number of amides is 1. The number of halogens is 3. The van der Waals surface area contributed by atoms with Gasteiger partial charge in [-0.3, -0.25) is 4.79 Å². The molecule has 0 bridgehead atoms. The van der Waals surface area contributed by atoms with Gasteiger partial charge in [-0.05, 0) is 18.6 Å². The second kappa shape index (κ2) is 7.54. The van der Waals surface area contributed by atoms with Crippen LogP contribution in [-0.2, 0) is 13.8 Å². The zero-order valence-corrected chi connectivity index (χ0v) is 14.5. The molecule has 0 aliphatic carbocycles. The highest BCUT2D eigenvalue weighted by Gasteiger charge is 2.19. The fraction of sp³-hybridized carbons (Fsp3) is 0.417. The van der Waals surface area contributed by atoms with E-state index in [1.807, 2.05) is 0 Å². The molecule has 0 N–H and O–H groups in total. The molecule has 1 rings (SSSR count). The number of carbonyl (C=O) groups is 1. The SMILES string of the molecule is CN(C)C(=O)CCCOc1ccc(S(=O)(=O)Cl)c(Cl)c1Cl. The first kappa shape index (κ1) is 18.4. The molecule has 0 heterocycles. The normalized spacial score (nSPS) is 11.3. The van der Waals surface area contributed by atoms with Crippen molar-refractivity contribution in [2.24, 2.45) is 0 Å². The molecular formula is C12H14Cl3NO4S. The van der Waals surface area contributed by atoms with E-state index in [-0.39, 0.29) is 33.2 Å². The third-order valence-electron chi connectivity index (χ3n) is 2.57. The van der Waals surface area contributed by atoms with Crippen molar-refractivity contribution < 1.29 is 17.9 Å². The monoisotopic (exact) mass is 373 g/mol. The Hall–Kier alpha value is -0.690. The van der Waals surface area contributed by atoms with Crippen LogP contribution >= 0.6 is 33.9 Å². The van der Waals surface area contributed by atoms with Crippen molar-refractivity contribution in [1.82, 2.24) is 4.90 Å². The molecule has 118 valence electrons. The van der Waals surface area contributed by atoms with Crippen molar-refractivity contribution in [2.45, 2.75) is 17.7 Å². The Morgan fingerprint density at radius 3 is 2.38 bits per heavy atom. The number of benzene rings is 1. The van der Waals surface area contributed by atoms with Crippen LogP contribution in [0.4, 0.5) is 0 Å². The summed E-state index contributed by atoms with van der Waals surface area (Å²) >= 11 is 11.8. The van der Waals surface area contributed by atoms with E-state index in [4.69, 9.17) is 38.6 Å². The Balaban J connectivity index is 2.70. The van der Waals surface area contributed by atoms with E-state index in [9.17, 15) is 13.2 Å². The molecule has 0 radical (unpaired) electrons. The van der Waals surface area contributed by atoms with E-state index in [1.54, 1.807) is 14.1 Å².